The molecule has 150 valence electrons. The van der Waals surface area contributed by atoms with Gasteiger partial charge in [0.1, 0.15) is 18.2 Å². The number of para-hydroxylation sites is 1. The van der Waals surface area contributed by atoms with Gasteiger partial charge in [0.15, 0.2) is 0 Å². The number of hydrogen-bond donors (Lipinski definition) is 0. The van der Waals surface area contributed by atoms with Crippen molar-refractivity contribution in [2.24, 2.45) is 0 Å². The minimum atomic E-state index is -0.449. The van der Waals surface area contributed by atoms with Crippen LogP contribution in [0.25, 0.3) is 16.9 Å². The predicted molar refractivity (Wildman–Crippen MR) is 111 cm³/mol. The van der Waals surface area contributed by atoms with E-state index in [4.69, 9.17) is 9.47 Å². The Balaban J connectivity index is 1.61. The van der Waals surface area contributed by atoms with Gasteiger partial charge in [0.25, 0.3) is 0 Å². The number of ether oxygens (including phenoxy) is 2. The SMILES string of the molecule is COc1ccc(C(=O)OCc2cn(-c3ccccc3)nc2-c2ccc(F)cc2)cc1. The maximum atomic E-state index is 13.4. The zero-order valence-corrected chi connectivity index (χ0v) is 16.3. The van der Waals surface area contributed by atoms with Crippen molar-refractivity contribution in [2.45, 2.75) is 6.61 Å². The highest BCUT2D eigenvalue weighted by atomic mass is 19.1. The zero-order chi connectivity index (χ0) is 20.9. The van der Waals surface area contributed by atoms with Crippen LogP contribution in [0.5, 0.6) is 5.75 Å². The van der Waals surface area contributed by atoms with Gasteiger partial charge in [-0.15, -0.1) is 0 Å². The molecule has 0 saturated heterocycles. The first kappa shape index (κ1) is 19.4. The molecular formula is C24H19FN2O3. The van der Waals surface area contributed by atoms with Crippen LogP contribution >= 0.6 is 0 Å². The highest BCUT2D eigenvalue weighted by Crippen LogP contribution is 2.25. The summed E-state index contributed by atoms with van der Waals surface area (Å²) in [5.74, 6) is -0.113. The predicted octanol–water partition coefficient (Wildman–Crippen LogP) is 5.04. The number of carbonyl (C=O) groups is 1. The van der Waals surface area contributed by atoms with E-state index in [-0.39, 0.29) is 12.4 Å². The van der Waals surface area contributed by atoms with Gasteiger partial charge in [-0.2, -0.15) is 5.10 Å². The Bertz CT molecular complexity index is 1140. The van der Waals surface area contributed by atoms with Gasteiger partial charge in [0, 0.05) is 17.3 Å². The molecule has 0 amide bonds. The van der Waals surface area contributed by atoms with E-state index in [1.165, 1.54) is 12.1 Å². The lowest BCUT2D eigenvalue weighted by Crippen LogP contribution is -2.05. The average molecular weight is 402 g/mol. The molecule has 0 radical (unpaired) electrons. The maximum Gasteiger partial charge on any atom is 0.338 e. The zero-order valence-electron chi connectivity index (χ0n) is 16.3. The third-order valence-corrected chi connectivity index (χ3v) is 4.61. The van der Waals surface area contributed by atoms with E-state index in [9.17, 15) is 9.18 Å². The first-order chi connectivity index (χ1) is 14.6. The number of esters is 1. The summed E-state index contributed by atoms with van der Waals surface area (Å²) >= 11 is 0. The highest BCUT2D eigenvalue weighted by molar-refractivity contribution is 5.89. The van der Waals surface area contributed by atoms with Gasteiger partial charge in [-0.25, -0.2) is 13.9 Å². The number of methoxy groups -OCH3 is 1. The molecule has 0 aliphatic carbocycles. The molecule has 1 heterocycles. The lowest BCUT2D eigenvalue weighted by Gasteiger charge is -2.06. The summed E-state index contributed by atoms with van der Waals surface area (Å²) in [6.45, 7) is 0.0321. The molecule has 0 atom stereocenters. The Morgan fingerprint density at radius 1 is 0.967 bits per heavy atom. The number of nitrogens with zero attached hydrogens (tertiary/aromatic N) is 2. The molecule has 4 rings (SSSR count). The maximum absolute atomic E-state index is 13.4. The number of aromatic nitrogens is 2. The summed E-state index contributed by atoms with van der Waals surface area (Å²) in [6, 6.07) is 22.4. The smallest absolute Gasteiger partial charge is 0.338 e. The molecule has 30 heavy (non-hydrogen) atoms. The molecule has 4 aromatic rings. The molecule has 0 unspecified atom stereocenters. The van der Waals surface area contributed by atoms with E-state index in [0.717, 1.165) is 11.3 Å². The standard InChI is InChI=1S/C24H19FN2O3/c1-29-22-13-9-18(10-14-22)24(28)30-16-19-15-27(21-5-3-2-4-6-21)26-23(19)17-7-11-20(25)12-8-17/h2-15H,16H2,1H3. The summed E-state index contributed by atoms with van der Waals surface area (Å²) in [6.07, 6.45) is 1.81. The second-order valence-electron chi connectivity index (χ2n) is 6.59. The number of rotatable bonds is 6. The molecular weight excluding hydrogens is 383 g/mol. The van der Waals surface area contributed by atoms with Crippen LogP contribution in [0, 0.1) is 5.82 Å². The lowest BCUT2D eigenvalue weighted by atomic mass is 10.1. The molecule has 0 fully saturated rings. The van der Waals surface area contributed by atoms with Crippen LogP contribution in [0.4, 0.5) is 4.39 Å². The fraction of sp³-hybridized carbons (Fsp3) is 0.0833. The van der Waals surface area contributed by atoms with E-state index in [1.807, 2.05) is 36.5 Å². The Labute approximate surface area is 173 Å². The molecule has 3 aromatic carbocycles. The monoisotopic (exact) mass is 402 g/mol. The van der Waals surface area contributed by atoms with Gasteiger partial charge in [-0.05, 0) is 60.7 Å². The lowest BCUT2D eigenvalue weighted by molar-refractivity contribution is 0.0473. The van der Waals surface area contributed by atoms with Gasteiger partial charge in [0.2, 0.25) is 0 Å². The third kappa shape index (κ3) is 4.22. The van der Waals surface area contributed by atoms with Gasteiger partial charge < -0.3 is 9.47 Å². The van der Waals surface area contributed by atoms with Gasteiger partial charge in [-0.1, -0.05) is 18.2 Å². The van der Waals surface area contributed by atoms with Gasteiger partial charge in [-0.3, -0.25) is 0 Å². The van der Waals surface area contributed by atoms with Crippen molar-refractivity contribution in [1.82, 2.24) is 9.78 Å². The first-order valence-corrected chi connectivity index (χ1v) is 9.35. The third-order valence-electron chi connectivity index (χ3n) is 4.61. The van der Waals surface area contributed by atoms with Crippen LogP contribution < -0.4 is 4.74 Å². The Hall–Kier alpha value is -3.93. The molecule has 6 heteroatoms. The Morgan fingerprint density at radius 2 is 1.67 bits per heavy atom. The fourth-order valence-electron chi connectivity index (χ4n) is 3.03. The van der Waals surface area contributed by atoms with Crippen molar-refractivity contribution in [3.05, 3.63) is 102 Å². The summed E-state index contributed by atoms with van der Waals surface area (Å²) < 4.78 is 25.7. The van der Waals surface area contributed by atoms with Crippen LogP contribution in [-0.2, 0) is 11.3 Å². The summed E-state index contributed by atoms with van der Waals surface area (Å²) in [7, 11) is 1.56. The number of halogens is 1. The van der Waals surface area contributed by atoms with Crippen molar-refractivity contribution in [3.8, 4) is 22.7 Å². The molecule has 0 N–H and O–H groups in total. The molecule has 0 aliphatic heterocycles. The van der Waals surface area contributed by atoms with E-state index < -0.39 is 5.97 Å². The minimum Gasteiger partial charge on any atom is -0.497 e. The van der Waals surface area contributed by atoms with E-state index >= 15 is 0 Å². The van der Waals surface area contributed by atoms with E-state index in [1.54, 1.807) is 48.2 Å². The van der Waals surface area contributed by atoms with Crippen molar-refractivity contribution in [3.63, 3.8) is 0 Å². The van der Waals surface area contributed by atoms with Crippen molar-refractivity contribution >= 4 is 5.97 Å². The second-order valence-corrected chi connectivity index (χ2v) is 6.59. The van der Waals surface area contributed by atoms with Crippen LogP contribution in [0.2, 0.25) is 0 Å². The molecule has 0 bridgehead atoms. The highest BCUT2D eigenvalue weighted by Gasteiger charge is 2.15. The van der Waals surface area contributed by atoms with Crippen molar-refractivity contribution in [1.29, 1.82) is 0 Å². The number of carbonyl (C=O) groups excluding carboxylic acids is 1. The van der Waals surface area contributed by atoms with Gasteiger partial charge >= 0.3 is 5.97 Å². The van der Waals surface area contributed by atoms with E-state index in [2.05, 4.69) is 5.10 Å². The van der Waals surface area contributed by atoms with Gasteiger partial charge in [0.05, 0.1) is 24.1 Å². The molecule has 0 aliphatic rings. The van der Waals surface area contributed by atoms with Crippen LogP contribution in [0.3, 0.4) is 0 Å². The first-order valence-electron chi connectivity index (χ1n) is 9.35. The summed E-state index contributed by atoms with van der Waals surface area (Å²) in [5.41, 5.74) is 3.37. The minimum absolute atomic E-state index is 0.0321. The summed E-state index contributed by atoms with van der Waals surface area (Å²) in [5, 5.41) is 4.64. The van der Waals surface area contributed by atoms with E-state index in [0.29, 0.717) is 22.6 Å². The largest absolute Gasteiger partial charge is 0.497 e. The van der Waals surface area contributed by atoms with Crippen LogP contribution in [0.1, 0.15) is 15.9 Å². The normalized spacial score (nSPS) is 10.6. The molecule has 1 aromatic heterocycles. The number of benzene rings is 3. The number of hydrogen-bond acceptors (Lipinski definition) is 4. The Morgan fingerprint density at radius 3 is 2.33 bits per heavy atom. The second kappa shape index (κ2) is 8.61. The van der Waals surface area contributed by atoms with Crippen molar-refractivity contribution in [2.75, 3.05) is 7.11 Å². The Kier molecular flexibility index (Phi) is 5.57. The average Bonchev–Trinajstić information content (AvgIpc) is 3.23. The van der Waals surface area contributed by atoms with Crippen LogP contribution in [-0.4, -0.2) is 22.9 Å². The quantitative estimate of drug-likeness (QED) is 0.424. The fourth-order valence-corrected chi connectivity index (χ4v) is 3.03. The van der Waals surface area contributed by atoms with Crippen LogP contribution in [0.15, 0.2) is 85.1 Å². The summed E-state index contributed by atoms with van der Waals surface area (Å²) in [4.78, 5) is 12.4. The molecule has 0 saturated carbocycles. The topological polar surface area (TPSA) is 53.4 Å². The van der Waals surface area contributed by atoms with Crippen molar-refractivity contribution < 1.29 is 18.7 Å². The molecule has 0 spiro atoms. The molecule has 5 nitrogen and oxygen atoms in total.